The number of amides is 2. The van der Waals surface area contributed by atoms with Gasteiger partial charge in [-0.15, -0.1) is 0 Å². The Morgan fingerprint density at radius 2 is 1.76 bits per heavy atom. The van der Waals surface area contributed by atoms with Crippen molar-refractivity contribution in [2.24, 2.45) is 0 Å². The van der Waals surface area contributed by atoms with Gasteiger partial charge in [0.1, 0.15) is 5.82 Å². The largest absolute Gasteiger partial charge is 0.352 e. The first-order valence-corrected chi connectivity index (χ1v) is 10.6. The van der Waals surface area contributed by atoms with Crippen molar-refractivity contribution in [3.63, 3.8) is 0 Å². The first kappa shape index (κ1) is 22.9. The van der Waals surface area contributed by atoms with Gasteiger partial charge in [0.2, 0.25) is 5.91 Å². The summed E-state index contributed by atoms with van der Waals surface area (Å²) in [4.78, 5) is 28.0. The van der Waals surface area contributed by atoms with Gasteiger partial charge in [0, 0.05) is 28.8 Å². The molecule has 0 saturated carbocycles. The SMILES string of the molecule is CCN(CC)CCCNC(=O)c1ccc(Sc2ccc(F)cc2)c(NC(C)=O)c1. The maximum Gasteiger partial charge on any atom is 0.251 e. The molecule has 29 heavy (non-hydrogen) atoms. The third-order valence-corrected chi connectivity index (χ3v) is 5.51. The molecule has 0 atom stereocenters. The van der Waals surface area contributed by atoms with E-state index in [0.717, 1.165) is 35.8 Å². The summed E-state index contributed by atoms with van der Waals surface area (Å²) in [5, 5.41) is 5.71. The lowest BCUT2D eigenvalue weighted by Crippen LogP contribution is -2.30. The number of carbonyl (C=O) groups is 2. The van der Waals surface area contributed by atoms with Crippen LogP contribution in [-0.4, -0.2) is 42.9 Å². The third kappa shape index (κ3) is 7.51. The van der Waals surface area contributed by atoms with Crippen molar-refractivity contribution in [1.29, 1.82) is 0 Å². The highest BCUT2D eigenvalue weighted by Crippen LogP contribution is 2.34. The summed E-state index contributed by atoms with van der Waals surface area (Å²) >= 11 is 1.40. The highest BCUT2D eigenvalue weighted by molar-refractivity contribution is 7.99. The highest BCUT2D eigenvalue weighted by Gasteiger charge is 2.12. The molecule has 0 heterocycles. The summed E-state index contributed by atoms with van der Waals surface area (Å²) in [7, 11) is 0. The molecule has 0 unspecified atom stereocenters. The van der Waals surface area contributed by atoms with E-state index in [0.29, 0.717) is 17.8 Å². The van der Waals surface area contributed by atoms with Crippen LogP contribution in [-0.2, 0) is 4.79 Å². The number of nitrogens with zero attached hydrogens (tertiary/aromatic N) is 1. The first-order valence-electron chi connectivity index (χ1n) is 9.78. The van der Waals surface area contributed by atoms with Gasteiger partial charge < -0.3 is 15.5 Å². The Labute approximate surface area is 176 Å². The molecular formula is C22H28FN3O2S. The Hall–Kier alpha value is -2.38. The maximum atomic E-state index is 13.1. The standard InChI is InChI=1S/C22H28FN3O2S/c1-4-26(5-2)14-6-13-24-22(28)17-7-12-21(20(15-17)25-16(3)27)29-19-10-8-18(23)9-11-19/h7-12,15H,4-6,13-14H2,1-3H3,(H,24,28)(H,25,27). The first-order chi connectivity index (χ1) is 13.9. The summed E-state index contributed by atoms with van der Waals surface area (Å²) in [6, 6.07) is 11.3. The van der Waals surface area contributed by atoms with Crippen molar-refractivity contribution < 1.29 is 14.0 Å². The van der Waals surface area contributed by atoms with Crippen LogP contribution in [0.4, 0.5) is 10.1 Å². The molecule has 5 nitrogen and oxygen atoms in total. The molecule has 0 aliphatic heterocycles. The van der Waals surface area contributed by atoms with Crippen LogP contribution in [0.25, 0.3) is 0 Å². The Kier molecular flexibility index (Phi) is 9.15. The second-order valence-electron chi connectivity index (χ2n) is 6.58. The van der Waals surface area contributed by atoms with E-state index in [1.165, 1.54) is 30.8 Å². The normalized spacial score (nSPS) is 10.8. The van der Waals surface area contributed by atoms with E-state index in [-0.39, 0.29) is 17.6 Å². The summed E-state index contributed by atoms with van der Waals surface area (Å²) in [5.74, 6) is -0.693. The van der Waals surface area contributed by atoms with E-state index in [2.05, 4.69) is 29.4 Å². The van der Waals surface area contributed by atoms with Crippen molar-refractivity contribution in [3.05, 3.63) is 53.8 Å². The lowest BCUT2D eigenvalue weighted by Gasteiger charge is -2.17. The number of hydrogen-bond acceptors (Lipinski definition) is 4. The van der Waals surface area contributed by atoms with Crippen molar-refractivity contribution in [1.82, 2.24) is 10.2 Å². The Morgan fingerprint density at radius 3 is 2.38 bits per heavy atom. The molecule has 2 rings (SSSR count). The van der Waals surface area contributed by atoms with E-state index in [1.54, 1.807) is 30.3 Å². The Morgan fingerprint density at radius 1 is 1.07 bits per heavy atom. The van der Waals surface area contributed by atoms with Gasteiger partial charge in [0.15, 0.2) is 0 Å². The minimum atomic E-state index is -0.301. The van der Waals surface area contributed by atoms with Gasteiger partial charge in [-0.3, -0.25) is 9.59 Å². The molecule has 2 amide bonds. The quantitative estimate of drug-likeness (QED) is 0.563. The molecule has 0 aromatic heterocycles. The van der Waals surface area contributed by atoms with Crippen LogP contribution in [0.5, 0.6) is 0 Å². The van der Waals surface area contributed by atoms with Crippen LogP contribution in [0.3, 0.4) is 0 Å². The summed E-state index contributed by atoms with van der Waals surface area (Å²) < 4.78 is 13.1. The van der Waals surface area contributed by atoms with Crippen LogP contribution in [0.15, 0.2) is 52.3 Å². The molecule has 0 saturated heterocycles. The fourth-order valence-electron chi connectivity index (χ4n) is 2.82. The second-order valence-corrected chi connectivity index (χ2v) is 7.70. The van der Waals surface area contributed by atoms with Crippen LogP contribution in [0.2, 0.25) is 0 Å². The molecule has 2 aromatic carbocycles. The highest BCUT2D eigenvalue weighted by atomic mass is 32.2. The van der Waals surface area contributed by atoms with E-state index in [1.807, 2.05) is 0 Å². The maximum absolute atomic E-state index is 13.1. The molecule has 0 fully saturated rings. The number of benzene rings is 2. The molecule has 0 aliphatic carbocycles. The summed E-state index contributed by atoms with van der Waals surface area (Å²) in [6.45, 7) is 9.20. The third-order valence-electron chi connectivity index (χ3n) is 4.43. The zero-order valence-electron chi connectivity index (χ0n) is 17.1. The van der Waals surface area contributed by atoms with Crippen molar-refractivity contribution >= 4 is 29.3 Å². The van der Waals surface area contributed by atoms with Crippen LogP contribution in [0, 0.1) is 5.82 Å². The van der Waals surface area contributed by atoms with Gasteiger partial charge in [0.25, 0.3) is 5.91 Å². The van der Waals surface area contributed by atoms with E-state index >= 15 is 0 Å². The predicted molar refractivity (Wildman–Crippen MR) is 116 cm³/mol. The van der Waals surface area contributed by atoms with Crippen molar-refractivity contribution in [3.8, 4) is 0 Å². The average molecular weight is 418 g/mol. The number of halogens is 1. The fraction of sp³-hybridized carbons (Fsp3) is 0.364. The Bertz CT molecular complexity index is 823. The summed E-state index contributed by atoms with van der Waals surface area (Å²) in [6.07, 6.45) is 0.879. The minimum Gasteiger partial charge on any atom is -0.352 e. The van der Waals surface area contributed by atoms with Gasteiger partial charge in [-0.2, -0.15) is 0 Å². The van der Waals surface area contributed by atoms with E-state index in [4.69, 9.17) is 0 Å². The van der Waals surface area contributed by atoms with Crippen LogP contribution < -0.4 is 10.6 Å². The summed E-state index contributed by atoms with van der Waals surface area (Å²) in [5.41, 5.74) is 1.04. The van der Waals surface area contributed by atoms with Crippen molar-refractivity contribution in [2.45, 2.75) is 37.0 Å². The van der Waals surface area contributed by atoms with Crippen molar-refractivity contribution in [2.75, 3.05) is 31.5 Å². The minimum absolute atomic E-state index is 0.172. The molecule has 2 aromatic rings. The zero-order chi connectivity index (χ0) is 21.2. The monoisotopic (exact) mass is 417 g/mol. The van der Waals surface area contributed by atoms with Gasteiger partial charge in [-0.25, -0.2) is 4.39 Å². The molecule has 0 bridgehead atoms. The fourth-order valence-corrected chi connectivity index (χ4v) is 3.71. The molecule has 2 N–H and O–H groups in total. The predicted octanol–water partition coefficient (Wildman–Crippen LogP) is 4.40. The molecule has 0 aliphatic rings. The zero-order valence-corrected chi connectivity index (χ0v) is 17.9. The van der Waals surface area contributed by atoms with Gasteiger partial charge in [0.05, 0.1) is 5.69 Å². The molecule has 0 spiro atoms. The topological polar surface area (TPSA) is 61.4 Å². The molecule has 156 valence electrons. The van der Waals surface area contributed by atoms with E-state index in [9.17, 15) is 14.0 Å². The van der Waals surface area contributed by atoms with Crippen LogP contribution in [0.1, 0.15) is 37.6 Å². The lowest BCUT2D eigenvalue weighted by atomic mass is 10.2. The molecule has 0 radical (unpaired) electrons. The van der Waals surface area contributed by atoms with Gasteiger partial charge in [-0.1, -0.05) is 25.6 Å². The molecule has 7 heteroatoms. The smallest absolute Gasteiger partial charge is 0.251 e. The Balaban J connectivity index is 2.06. The number of hydrogen-bond donors (Lipinski definition) is 2. The van der Waals surface area contributed by atoms with Gasteiger partial charge in [-0.05, 0) is 68.5 Å². The number of rotatable bonds is 10. The second kappa shape index (κ2) is 11.6. The lowest BCUT2D eigenvalue weighted by molar-refractivity contribution is -0.114. The van der Waals surface area contributed by atoms with Gasteiger partial charge >= 0.3 is 0 Å². The van der Waals surface area contributed by atoms with E-state index < -0.39 is 0 Å². The number of nitrogens with one attached hydrogen (secondary N) is 2. The number of anilines is 1. The van der Waals surface area contributed by atoms with Crippen LogP contribution >= 0.6 is 11.8 Å². The number of carbonyl (C=O) groups excluding carboxylic acids is 2. The molecular weight excluding hydrogens is 389 g/mol. The average Bonchev–Trinajstić information content (AvgIpc) is 2.70.